The number of hydrogen-bond acceptors (Lipinski definition) is 6. The summed E-state index contributed by atoms with van der Waals surface area (Å²) in [5, 5.41) is 14.0. The maximum absolute atomic E-state index is 12.9. The van der Waals surface area contributed by atoms with E-state index in [1.807, 2.05) is 21.1 Å². The molecule has 0 rings (SSSR count). The van der Waals surface area contributed by atoms with Gasteiger partial charge in [0.2, 0.25) is 5.91 Å². The molecule has 8 nitrogen and oxygen atoms in total. The van der Waals surface area contributed by atoms with Crippen molar-refractivity contribution in [3.05, 3.63) is 0 Å². The van der Waals surface area contributed by atoms with E-state index in [0.717, 1.165) is 38.5 Å². The Hall–Kier alpha value is -0.500. The van der Waals surface area contributed by atoms with Crippen LogP contribution >= 0.6 is 7.82 Å². The average Bonchev–Trinajstić information content (AvgIpc) is 3.23. The van der Waals surface area contributed by atoms with Crippen LogP contribution in [-0.2, 0) is 18.4 Å². The van der Waals surface area contributed by atoms with Gasteiger partial charge in [0.1, 0.15) is 13.2 Å². The van der Waals surface area contributed by atoms with Gasteiger partial charge in [-0.25, -0.2) is 0 Å². The number of aliphatic hydroxyl groups is 1. The number of rotatable bonds is 51. The first-order chi connectivity index (χ1) is 30.0. The number of nitrogens with zero attached hydrogens (tertiary/aromatic N) is 1. The van der Waals surface area contributed by atoms with Crippen molar-refractivity contribution < 1.29 is 32.9 Å². The molecule has 372 valence electrons. The van der Waals surface area contributed by atoms with Crippen molar-refractivity contribution in [2.45, 2.75) is 296 Å². The zero-order valence-electron chi connectivity index (χ0n) is 42.4. The molecule has 0 aromatic heterocycles. The van der Waals surface area contributed by atoms with Crippen LogP contribution in [0.2, 0.25) is 0 Å². The van der Waals surface area contributed by atoms with E-state index < -0.39 is 20.0 Å². The Morgan fingerprint density at radius 1 is 0.500 bits per heavy atom. The third-order valence-corrected chi connectivity index (χ3v) is 13.8. The number of aliphatic hydroxyl groups excluding tert-OH is 1. The van der Waals surface area contributed by atoms with Crippen molar-refractivity contribution in [3.8, 4) is 0 Å². The largest absolute Gasteiger partial charge is 0.756 e. The Balaban J connectivity index is 3.96. The molecule has 0 aromatic rings. The molecule has 1 amide bonds. The Morgan fingerprint density at radius 2 is 0.790 bits per heavy atom. The van der Waals surface area contributed by atoms with Crippen molar-refractivity contribution in [1.29, 1.82) is 0 Å². The van der Waals surface area contributed by atoms with E-state index >= 15 is 0 Å². The second kappa shape index (κ2) is 45.6. The van der Waals surface area contributed by atoms with E-state index in [1.54, 1.807) is 0 Å². The lowest BCUT2D eigenvalue weighted by molar-refractivity contribution is -0.870. The lowest BCUT2D eigenvalue weighted by atomic mass is 10.0. The predicted molar refractivity (Wildman–Crippen MR) is 266 cm³/mol. The summed E-state index contributed by atoms with van der Waals surface area (Å²) in [6.07, 6.45) is 52.9. The highest BCUT2D eigenvalue weighted by Crippen LogP contribution is 2.38. The van der Waals surface area contributed by atoms with E-state index in [-0.39, 0.29) is 19.1 Å². The highest BCUT2D eigenvalue weighted by atomic mass is 31.2. The summed E-state index contributed by atoms with van der Waals surface area (Å²) in [5.41, 5.74) is 0. The van der Waals surface area contributed by atoms with Gasteiger partial charge in [-0.2, -0.15) is 0 Å². The average molecular weight is 901 g/mol. The lowest BCUT2D eigenvalue weighted by Gasteiger charge is -2.30. The SMILES string of the molecule is CCCCCCCCCCCCCCCCCCCCCCCCCCCCCCCCC(O)C(COP(=O)([O-])OCC[N+](C)(C)C)NC(=O)CCCCCCCCCCCC. The first-order valence-electron chi connectivity index (χ1n) is 27.4. The topological polar surface area (TPSA) is 108 Å². The van der Waals surface area contributed by atoms with Gasteiger partial charge in [-0.05, 0) is 12.8 Å². The minimum atomic E-state index is -4.56. The number of phosphoric ester groups is 1. The van der Waals surface area contributed by atoms with Gasteiger partial charge in [0.25, 0.3) is 7.82 Å². The minimum absolute atomic E-state index is 0.0161. The van der Waals surface area contributed by atoms with E-state index in [0.29, 0.717) is 23.9 Å². The number of carbonyl (C=O) groups is 1. The van der Waals surface area contributed by atoms with E-state index in [4.69, 9.17) is 9.05 Å². The Kier molecular flexibility index (Phi) is 45.3. The van der Waals surface area contributed by atoms with Crippen LogP contribution in [0, 0.1) is 0 Å². The summed E-state index contributed by atoms with van der Waals surface area (Å²) in [5.74, 6) is -0.162. The van der Waals surface area contributed by atoms with Crippen molar-refractivity contribution in [1.82, 2.24) is 5.32 Å². The fourth-order valence-electron chi connectivity index (χ4n) is 8.51. The van der Waals surface area contributed by atoms with Crippen LogP contribution in [-0.4, -0.2) is 68.5 Å². The van der Waals surface area contributed by atoms with Gasteiger partial charge in [0.05, 0.1) is 39.9 Å². The van der Waals surface area contributed by atoms with Gasteiger partial charge in [-0.3, -0.25) is 9.36 Å². The summed E-state index contributed by atoms with van der Waals surface area (Å²) in [6.45, 7) is 4.74. The molecular weight excluding hydrogens is 792 g/mol. The standard InChI is InChI=1S/C53H109N2O6P/c1-6-8-10-12-14-16-18-19-20-21-22-23-24-25-26-27-28-29-30-31-32-33-34-35-36-37-38-40-42-44-46-52(56)51(50-61-62(58,59)60-49-48-55(3,4)5)54-53(57)47-45-43-41-39-17-15-13-11-9-7-2/h51-52,56H,6-50H2,1-5H3,(H-,54,57,58,59). The summed E-state index contributed by atoms with van der Waals surface area (Å²) < 4.78 is 23.3. The fraction of sp³-hybridized carbons (Fsp3) is 0.981. The monoisotopic (exact) mass is 901 g/mol. The van der Waals surface area contributed by atoms with Gasteiger partial charge in [-0.1, -0.05) is 264 Å². The van der Waals surface area contributed by atoms with Crippen molar-refractivity contribution in [2.75, 3.05) is 40.9 Å². The number of likely N-dealkylation sites (N-methyl/N-ethyl adjacent to an activating group) is 1. The number of quaternary nitrogens is 1. The predicted octanol–water partition coefficient (Wildman–Crippen LogP) is 15.5. The summed E-state index contributed by atoms with van der Waals surface area (Å²) in [7, 11) is 1.32. The molecule has 2 N–H and O–H groups in total. The molecule has 3 atom stereocenters. The van der Waals surface area contributed by atoms with Crippen molar-refractivity contribution in [2.24, 2.45) is 0 Å². The molecule has 0 aliphatic heterocycles. The van der Waals surface area contributed by atoms with Crippen LogP contribution in [0.25, 0.3) is 0 Å². The summed E-state index contributed by atoms with van der Waals surface area (Å²) in [4.78, 5) is 25.3. The lowest BCUT2D eigenvalue weighted by Crippen LogP contribution is -2.46. The van der Waals surface area contributed by atoms with Crippen LogP contribution < -0.4 is 10.2 Å². The van der Waals surface area contributed by atoms with Gasteiger partial charge in [0, 0.05) is 6.42 Å². The van der Waals surface area contributed by atoms with Gasteiger partial charge in [0.15, 0.2) is 0 Å². The molecule has 0 radical (unpaired) electrons. The third kappa shape index (κ3) is 47.5. The number of amides is 1. The van der Waals surface area contributed by atoms with Crippen molar-refractivity contribution in [3.63, 3.8) is 0 Å². The maximum Gasteiger partial charge on any atom is 0.268 e. The third-order valence-electron chi connectivity index (χ3n) is 12.8. The smallest absolute Gasteiger partial charge is 0.268 e. The van der Waals surface area contributed by atoms with Gasteiger partial charge >= 0.3 is 0 Å². The molecule has 0 heterocycles. The molecule has 0 saturated carbocycles. The number of phosphoric acid groups is 1. The molecule has 9 heteroatoms. The fourth-order valence-corrected chi connectivity index (χ4v) is 9.24. The second-order valence-corrected chi connectivity index (χ2v) is 21.7. The minimum Gasteiger partial charge on any atom is -0.756 e. The van der Waals surface area contributed by atoms with E-state index in [1.165, 1.54) is 218 Å². The second-order valence-electron chi connectivity index (χ2n) is 20.3. The van der Waals surface area contributed by atoms with Crippen molar-refractivity contribution >= 4 is 13.7 Å². The normalized spacial score (nSPS) is 14.0. The maximum atomic E-state index is 12.9. The van der Waals surface area contributed by atoms with Crippen LogP contribution in [0.1, 0.15) is 284 Å². The molecule has 0 fully saturated rings. The van der Waals surface area contributed by atoms with Crippen LogP contribution in [0.5, 0.6) is 0 Å². The Morgan fingerprint density at radius 3 is 1.10 bits per heavy atom. The summed E-state index contributed by atoms with van der Waals surface area (Å²) in [6, 6.07) is -0.793. The molecule has 0 saturated heterocycles. The van der Waals surface area contributed by atoms with Crippen LogP contribution in [0.3, 0.4) is 0 Å². The quantitative estimate of drug-likeness (QED) is 0.0358. The zero-order valence-corrected chi connectivity index (χ0v) is 43.3. The first-order valence-corrected chi connectivity index (χ1v) is 28.8. The zero-order chi connectivity index (χ0) is 45.7. The molecular formula is C53H109N2O6P. The van der Waals surface area contributed by atoms with E-state index in [2.05, 4.69) is 19.2 Å². The van der Waals surface area contributed by atoms with Gasteiger partial charge < -0.3 is 28.8 Å². The highest BCUT2D eigenvalue weighted by Gasteiger charge is 2.24. The summed E-state index contributed by atoms with van der Waals surface area (Å²) >= 11 is 0. The molecule has 0 aliphatic carbocycles. The Bertz CT molecular complexity index is 978. The number of hydrogen-bond donors (Lipinski definition) is 2. The van der Waals surface area contributed by atoms with Gasteiger partial charge in [-0.15, -0.1) is 0 Å². The number of nitrogens with one attached hydrogen (secondary N) is 1. The number of carbonyl (C=O) groups excluding carboxylic acids is 1. The molecule has 0 bridgehead atoms. The molecule has 3 unspecified atom stereocenters. The molecule has 0 spiro atoms. The number of unbranched alkanes of at least 4 members (excludes halogenated alkanes) is 38. The Labute approximate surface area is 387 Å². The molecule has 0 aliphatic rings. The first kappa shape index (κ1) is 61.5. The van der Waals surface area contributed by atoms with Crippen LogP contribution in [0.4, 0.5) is 0 Å². The van der Waals surface area contributed by atoms with E-state index in [9.17, 15) is 19.4 Å². The molecule has 0 aromatic carbocycles. The highest BCUT2D eigenvalue weighted by molar-refractivity contribution is 7.45. The molecule has 62 heavy (non-hydrogen) atoms. The van der Waals surface area contributed by atoms with Crippen LogP contribution in [0.15, 0.2) is 0 Å².